The van der Waals surface area contributed by atoms with E-state index in [0.29, 0.717) is 32.2 Å². The van der Waals surface area contributed by atoms with Gasteiger partial charge < -0.3 is 9.45 Å². The molecule has 0 unspecified atom stereocenters. The summed E-state index contributed by atoms with van der Waals surface area (Å²) in [5, 5.41) is 0. The Bertz CT molecular complexity index is 338. The molecule has 0 aromatic rings. The number of hydrogen-bond donors (Lipinski definition) is 0. The minimum Gasteiger partial charge on any atom is -0.748 e. The van der Waals surface area contributed by atoms with Crippen LogP contribution in [0.2, 0.25) is 0 Å². The third kappa shape index (κ3) is 13.1. The summed E-state index contributed by atoms with van der Waals surface area (Å²) in [6.07, 6.45) is 2.29. The first kappa shape index (κ1) is 21.6. The second-order valence-electron chi connectivity index (χ2n) is 4.09. The van der Waals surface area contributed by atoms with E-state index in [1.54, 1.807) is 6.92 Å². The molecule has 0 rings (SSSR count). The van der Waals surface area contributed by atoms with Gasteiger partial charge in [0.25, 0.3) is 0 Å². The molecule has 0 bridgehead atoms. The van der Waals surface area contributed by atoms with E-state index in [4.69, 9.17) is 0 Å². The average molecular weight is 305 g/mol. The summed E-state index contributed by atoms with van der Waals surface area (Å²) in [5.41, 5.74) is 0. The summed E-state index contributed by atoms with van der Waals surface area (Å²) in [5.74, 6) is -0.516. The molecule has 5 nitrogen and oxygen atoms in total. The van der Waals surface area contributed by atoms with E-state index in [1.807, 2.05) is 0 Å². The molecule has 0 fully saturated rings. The number of unbranched alkanes of at least 4 members (excludes halogenated alkanes) is 2. The van der Waals surface area contributed by atoms with Crippen LogP contribution in [-0.4, -0.2) is 49.3 Å². The summed E-state index contributed by atoms with van der Waals surface area (Å²) >= 11 is 0. The van der Waals surface area contributed by atoms with Crippen LogP contribution in [0.25, 0.3) is 0 Å². The molecule has 0 saturated carbocycles. The smallest absolute Gasteiger partial charge is 0.748 e. The molecule has 0 heterocycles. The number of amides is 1. The van der Waals surface area contributed by atoms with Crippen LogP contribution in [0.1, 0.15) is 39.0 Å². The van der Waals surface area contributed by atoms with Gasteiger partial charge in [-0.1, -0.05) is 6.42 Å². The summed E-state index contributed by atoms with van der Waals surface area (Å²) < 4.78 is 43.1. The summed E-state index contributed by atoms with van der Waals surface area (Å²) in [4.78, 5) is 13.2. The van der Waals surface area contributed by atoms with Crippen molar-refractivity contribution in [3.05, 3.63) is 0 Å². The zero-order valence-electron chi connectivity index (χ0n) is 11.7. The Morgan fingerprint density at radius 3 is 2.32 bits per heavy atom. The van der Waals surface area contributed by atoms with Crippen molar-refractivity contribution < 1.29 is 51.7 Å². The Kier molecular flexibility index (Phi) is 13.7. The molecule has 8 heteroatoms. The fourth-order valence-corrected chi connectivity index (χ4v) is 2.08. The quantitative estimate of drug-likeness (QED) is 0.274. The maximum atomic E-state index is 11.8. The molecule has 0 N–H and O–H groups in total. The fraction of sp³-hybridized carbons (Fsp3) is 0.909. The van der Waals surface area contributed by atoms with Crippen molar-refractivity contribution >= 4 is 16.0 Å². The van der Waals surface area contributed by atoms with Crippen molar-refractivity contribution in [1.82, 2.24) is 4.90 Å². The molecule has 1 amide bonds. The third-order valence-corrected chi connectivity index (χ3v) is 3.37. The van der Waals surface area contributed by atoms with Crippen LogP contribution in [-0.2, 0) is 14.9 Å². The van der Waals surface area contributed by atoms with E-state index < -0.39 is 15.9 Å². The van der Waals surface area contributed by atoms with Gasteiger partial charge in [0.1, 0.15) is 0 Å². The van der Waals surface area contributed by atoms with Crippen LogP contribution < -0.4 is 29.6 Å². The summed E-state index contributed by atoms with van der Waals surface area (Å²) in [6.45, 7) is 2.19. The van der Waals surface area contributed by atoms with Crippen LogP contribution >= 0.6 is 0 Å². The zero-order chi connectivity index (χ0) is 14.0. The predicted molar refractivity (Wildman–Crippen MR) is 65.9 cm³/mol. The van der Waals surface area contributed by atoms with Crippen molar-refractivity contribution in [2.75, 3.05) is 25.5 Å². The normalized spacial score (nSPS) is 10.9. The Hall–Kier alpha value is 0.310. The number of nitrogens with zero attached hydrogens (tertiary/aromatic N) is 1. The van der Waals surface area contributed by atoms with Crippen molar-refractivity contribution in [1.29, 1.82) is 0 Å². The topological polar surface area (TPSA) is 77.5 Å². The second kappa shape index (κ2) is 12.1. The van der Waals surface area contributed by atoms with E-state index in [9.17, 15) is 22.2 Å². The molecular formula is C11H21FNNaO4S. The van der Waals surface area contributed by atoms with Gasteiger partial charge in [0.05, 0.1) is 16.8 Å². The van der Waals surface area contributed by atoms with Gasteiger partial charge in [-0.25, -0.2) is 8.42 Å². The number of rotatable bonds is 10. The number of carbonyl (C=O) groups is 1. The number of halogens is 1. The van der Waals surface area contributed by atoms with E-state index in [1.165, 1.54) is 4.90 Å². The molecule has 0 aliphatic carbocycles. The molecule has 0 aliphatic heterocycles. The Balaban J connectivity index is 0. The van der Waals surface area contributed by atoms with E-state index in [0.717, 1.165) is 0 Å². The largest absolute Gasteiger partial charge is 1.00 e. The van der Waals surface area contributed by atoms with Gasteiger partial charge in [-0.2, -0.15) is 0 Å². The standard InChI is InChI=1S/C11H22FNO4S.Na/c1-2-13(9-6-10-18(15,16)17)11(14)7-4-3-5-8-12;/h2-10H2,1H3,(H,15,16,17);/q;+1/p-1. The average Bonchev–Trinajstić information content (AvgIpc) is 2.28. The summed E-state index contributed by atoms with van der Waals surface area (Å²) in [6, 6.07) is 0. The van der Waals surface area contributed by atoms with Gasteiger partial charge in [0, 0.05) is 25.3 Å². The van der Waals surface area contributed by atoms with E-state index in [2.05, 4.69) is 0 Å². The van der Waals surface area contributed by atoms with Gasteiger partial charge in [0.2, 0.25) is 5.91 Å². The molecule has 108 valence electrons. The minimum absolute atomic E-state index is 0. The van der Waals surface area contributed by atoms with Gasteiger partial charge in [-0.05, 0) is 26.2 Å². The Morgan fingerprint density at radius 1 is 1.21 bits per heavy atom. The van der Waals surface area contributed by atoms with Crippen molar-refractivity contribution in [2.45, 2.75) is 39.0 Å². The van der Waals surface area contributed by atoms with Crippen LogP contribution in [0.15, 0.2) is 0 Å². The van der Waals surface area contributed by atoms with E-state index in [-0.39, 0.29) is 55.1 Å². The molecule has 19 heavy (non-hydrogen) atoms. The van der Waals surface area contributed by atoms with E-state index >= 15 is 0 Å². The first-order valence-corrected chi connectivity index (χ1v) is 7.75. The van der Waals surface area contributed by atoms with Crippen molar-refractivity contribution in [2.24, 2.45) is 0 Å². The maximum absolute atomic E-state index is 11.8. The zero-order valence-corrected chi connectivity index (χ0v) is 14.5. The van der Waals surface area contributed by atoms with Gasteiger partial charge in [-0.15, -0.1) is 0 Å². The molecule has 0 spiro atoms. The van der Waals surface area contributed by atoms with Gasteiger partial charge in [0.15, 0.2) is 0 Å². The van der Waals surface area contributed by atoms with Crippen LogP contribution in [0.4, 0.5) is 4.39 Å². The molecule has 0 aromatic carbocycles. The molecular weight excluding hydrogens is 284 g/mol. The van der Waals surface area contributed by atoms with Crippen molar-refractivity contribution in [3.8, 4) is 0 Å². The van der Waals surface area contributed by atoms with Crippen LogP contribution in [0, 0.1) is 0 Å². The molecule has 0 aromatic heterocycles. The second-order valence-corrected chi connectivity index (χ2v) is 5.61. The van der Waals surface area contributed by atoms with Crippen molar-refractivity contribution in [3.63, 3.8) is 0 Å². The summed E-state index contributed by atoms with van der Waals surface area (Å²) in [7, 11) is -4.21. The number of carbonyl (C=O) groups excluding carboxylic acids is 1. The molecule has 0 radical (unpaired) electrons. The maximum Gasteiger partial charge on any atom is 1.00 e. The van der Waals surface area contributed by atoms with Gasteiger partial charge >= 0.3 is 29.6 Å². The Morgan fingerprint density at radius 2 is 1.84 bits per heavy atom. The Labute approximate surface area is 137 Å². The molecule has 0 aliphatic rings. The first-order chi connectivity index (χ1) is 8.40. The fourth-order valence-electron chi connectivity index (χ4n) is 1.60. The van der Waals surface area contributed by atoms with Crippen LogP contribution in [0.3, 0.4) is 0 Å². The number of hydrogen-bond acceptors (Lipinski definition) is 4. The predicted octanol–water partition coefficient (Wildman–Crippen LogP) is -1.70. The van der Waals surface area contributed by atoms with Gasteiger partial charge in [-0.3, -0.25) is 9.18 Å². The molecule has 0 atom stereocenters. The van der Waals surface area contributed by atoms with Crippen LogP contribution in [0.5, 0.6) is 0 Å². The molecule has 0 saturated heterocycles. The monoisotopic (exact) mass is 305 g/mol. The minimum atomic E-state index is -4.21. The SMILES string of the molecule is CCN(CCCS(=O)(=O)[O-])C(=O)CCCCCF.[Na+]. The number of alkyl halides is 1. The third-order valence-electron chi connectivity index (χ3n) is 2.58. The first-order valence-electron chi connectivity index (χ1n) is 6.18.